The summed E-state index contributed by atoms with van der Waals surface area (Å²) in [6.07, 6.45) is 1.92. The maximum absolute atomic E-state index is 14.0. The lowest BCUT2D eigenvalue weighted by Crippen LogP contribution is -2.62. The molecule has 2 aliphatic heterocycles. The molecule has 0 aliphatic carbocycles. The van der Waals surface area contributed by atoms with Gasteiger partial charge in [-0.25, -0.2) is 14.2 Å². The minimum Gasteiger partial charge on any atom is -0.482 e. The quantitative estimate of drug-likeness (QED) is 0.472. The minimum atomic E-state index is -0.671. The summed E-state index contributed by atoms with van der Waals surface area (Å²) in [5.74, 6) is -0.0751. The minimum absolute atomic E-state index is 0.0338. The van der Waals surface area contributed by atoms with Crippen LogP contribution in [-0.4, -0.2) is 45.3 Å². The molecule has 0 radical (unpaired) electrons. The molecule has 1 saturated heterocycles. The van der Waals surface area contributed by atoms with E-state index in [0.29, 0.717) is 36.0 Å². The normalized spacial score (nSPS) is 16.7. The van der Waals surface area contributed by atoms with E-state index in [1.165, 1.54) is 12.1 Å². The third-order valence-corrected chi connectivity index (χ3v) is 7.41. The Hall–Kier alpha value is -3.04. The molecule has 1 fully saturated rings. The first-order chi connectivity index (χ1) is 16.7. The van der Waals surface area contributed by atoms with E-state index >= 15 is 0 Å². The highest BCUT2D eigenvalue weighted by Crippen LogP contribution is 2.44. The van der Waals surface area contributed by atoms with Crippen molar-refractivity contribution < 1.29 is 13.9 Å². The lowest BCUT2D eigenvalue weighted by Gasteiger charge is -2.47. The second kappa shape index (κ2) is 8.87. The van der Waals surface area contributed by atoms with Crippen LogP contribution in [0.3, 0.4) is 0 Å². The van der Waals surface area contributed by atoms with Crippen molar-refractivity contribution in [3.05, 3.63) is 57.6 Å². The van der Waals surface area contributed by atoms with Gasteiger partial charge >= 0.3 is 6.03 Å². The van der Waals surface area contributed by atoms with Crippen LogP contribution >= 0.6 is 23.2 Å². The molecular weight excluding hydrogens is 494 g/mol. The van der Waals surface area contributed by atoms with Crippen LogP contribution < -0.4 is 15.8 Å². The van der Waals surface area contributed by atoms with E-state index in [0.717, 1.165) is 29.9 Å². The zero-order valence-electron chi connectivity index (χ0n) is 19.3. The van der Waals surface area contributed by atoms with Crippen LogP contribution in [0.1, 0.15) is 37.6 Å². The van der Waals surface area contributed by atoms with Gasteiger partial charge in [-0.1, -0.05) is 23.2 Å². The monoisotopic (exact) mass is 518 g/mol. The number of hydrogen-bond acceptors (Lipinski definition) is 5. The second-order valence-corrected chi connectivity index (χ2v) is 9.77. The molecule has 1 atom stereocenters. The Kier molecular flexibility index (Phi) is 6.01. The van der Waals surface area contributed by atoms with E-state index in [-0.39, 0.29) is 22.3 Å². The van der Waals surface area contributed by atoms with Crippen LogP contribution in [0.2, 0.25) is 10.0 Å². The number of aryl methyl sites for hydroxylation is 1. The van der Waals surface area contributed by atoms with Gasteiger partial charge in [-0.15, -0.1) is 0 Å². The van der Waals surface area contributed by atoms with Crippen LogP contribution in [0.4, 0.5) is 15.0 Å². The fourth-order valence-corrected chi connectivity index (χ4v) is 5.55. The van der Waals surface area contributed by atoms with Crippen LogP contribution in [0.15, 0.2) is 30.5 Å². The molecule has 1 unspecified atom stereocenters. The van der Waals surface area contributed by atoms with Crippen molar-refractivity contribution in [3.8, 4) is 17.0 Å². The molecule has 8 nitrogen and oxygen atoms in total. The molecule has 0 bridgehead atoms. The Balaban J connectivity index is 1.38. The maximum atomic E-state index is 14.0. The van der Waals surface area contributed by atoms with Crippen LogP contribution in [0.25, 0.3) is 11.3 Å². The molecule has 0 saturated carbocycles. The molecule has 3 N–H and O–H groups in total. The molecule has 1 spiro atoms. The Labute approximate surface area is 212 Å². The van der Waals surface area contributed by atoms with Gasteiger partial charge in [0.1, 0.15) is 11.9 Å². The number of nitrogen functional groups attached to an aromatic ring is 1. The highest BCUT2D eigenvalue weighted by molar-refractivity contribution is 6.36. The molecule has 1 aromatic carbocycles. The maximum Gasteiger partial charge on any atom is 0.317 e. The van der Waals surface area contributed by atoms with Gasteiger partial charge < -0.3 is 20.7 Å². The summed E-state index contributed by atoms with van der Waals surface area (Å²) in [6.45, 7) is 6.36. The smallest absolute Gasteiger partial charge is 0.317 e. The van der Waals surface area contributed by atoms with Crippen molar-refractivity contribution >= 4 is 35.1 Å². The fraction of sp³-hybridized carbons (Fsp3) is 0.375. The number of fused-ring (bicyclic) bond motifs is 2. The number of hydrogen-bond donors (Lipinski definition) is 2. The van der Waals surface area contributed by atoms with Crippen molar-refractivity contribution in [1.82, 2.24) is 25.0 Å². The van der Waals surface area contributed by atoms with E-state index in [1.807, 2.05) is 22.6 Å². The van der Waals surface area contributed by atoms with Gasteiger partial charge in [0.25, 0.3) is 0 Å². The van der Waals surface area contributed by atoms with Gasteiger partial charge in [-0.05, 0) is 44.5 Å². The number of rotatable bonds is 5. The Bertz CT molecular complexity index is 1310. The molecular formula is C24H25Cl2FN6O2. The summed E-state index contributed by atoms with van der Waals surface area (Å²) in [4.78, 5) is 18.2. The summed E-state index contributed by atoms with van der Waals surface area (Å²) in [5.41, 5.74) is 8.91. The number of nitrogens with one attached hydrogen (secondary N) is 1. The lowest BCUT2D eigenvalue weighted by molar-refractivity contribution is 0.0925. The number of urea groups is 1. The Morgan fingerprint density at radius 1 is 1.34 bits per heavy atom. The number of ether oxygens (including phenoxy) is 1. The molecule has 5 rings (SSSR count). The summed E-state index contributed by atoms with van der Waals surface area (Å²) in [6, 6.07) is 6.41. The number of likely N-dealkylation sites (tertiary alicyclic amines) is 1. The van der Waals surface area contributed by atoms with Crippen LogP contribution in [0, 0.1) is 5.82 Å². The summed E-state index contributed by atoms with van der Waals surface area (Å²) in [7, 11) is 0. The van der Waals surface area contributed by atoms with Crippen molar-refractivity contribution in [2.75, 3.05) is 25.4 Å². The topological polar surface area (TPSA) is 98.3 Å². The average molecular weight is 519 g/mol. The third-order valence-electron chi connectivity index (χ3n) is 6.69. The van der Waals surface area contributed by atoms with Crippen molar-refractivity contribution in [1.29, 1.82) is 0 Å². The average Bonchev–Trinajstić information content (AvgIpc) is 3.37. The Morgan fingerprint density at radius 2 is 2.11 bits per heavy atom. The Morgan fingerprint density at radius 3 is 2.86 bits per heavy atom. The number of carbonyl (C=O) groups excluding carboxylic acids is 1. The largest absolute Gasteiger partial charge is 0.482 e. The van der Waals surface area contributed by atoms with Crippen molar-refractivity contribution in [3.63, 3.8) is 0 Å². The van der Waals surface area contributed by atoms with E-state index in [1.54, 1.807) is 19.2 Å². The predicted molar refractivity (Wildman–Crippen MR) is 132 cm³/mol. The van der Waals surface area contributed by atoms with Gasteiger partial charge in [0.2, 0.25) is 0 Å². The van der Waals surface area contributed by atoms with E-state index in [4.69, 9.17) is 38.8 Å². The number of carbonyl (C=O) groups is 1. The molecule has 2 amide bonds. The molecule has 2 aromatic heterocycles. The molecule has 11 heteroatoms. The number of aromatic nitrogens is 3. The van der Waals surface area contributed by atoms with E-state index < -0.39 is 11.9 Å². The summed E-state index contributed by atoms with van der Waals surface area (Å²) >= 11 is 12.4. The third kappa shape index (κ3) is 4.06. The molecule has 2 aliphatic rings. The fourth-order valence-electron chi connectivity index (χ4n) is 4.87. The highest BCUT2D eigenvalue weighted by atomic mass is 35.5. The van der Waals surface area contributed by atoms with E-state index in [2.05, 4.69) is 10.3 Å². The first-order valence-corrected chi connectivity index (χ1v) is 12.1. The number of nitrogens with zero attached hydrogens (tertiary/aromatic N) is 4. The number of amides is 2. The number of benzene rings is 1. The first kappa shape index (κ1) is 23.7. The van der Waals surface area contributed by atoms with Gasteiger partial charge in [0, 0.05) is 59.6 Å². The van der Waals surface area contributed by atoms with Crippen LogP contribution in [0.5, 0.6) is 5.75 Å². The number of pyridine rings is 1. The van der Waals surface area contributed by atoms with Crippen LogP contribution in [-0.2, 0) is 12.0 Å². The zero-order valence-corrected chi connectivity index (χ0v) is 20.8. The second-order valence-electron chi connectivity index (χ2n) is 8.98. The number of halogens is 3. The number of anilines is 1. The van der Waals surface area contributed by atoms with Gasteiger partial charge in [0.15, 0.2) is 11.6 Å². The van der Waals surface area contributed by atoms with Gasteiger partial charge in [-0.3, -0.25) is 4.68 Å². The summed E-state index contributed by atoms with van der Waals surface area (Å²) in [5, 5.41) is 7.82. The van der Waals surface area contributed by atoms with E-state index in [9.17, 15) is 9.18 Å². The van der Waals surface area contributed by atoms with Gasteiger partial charge in [0.05, 0.1) is 10.7 Å². The van der Waals surface area contributed by atoms with Crippen molar-refractivity contribution in [2.24, 2.45) is 0 Å². The standard InChI is InChI=1S/C24H25Cl2FN6O2/c1-3-29-23(34)32-11-24(12-32)6-7-33-19(24)9-17(31-33)14-8-18(22(28)30-10-14)35-13(2)20-15(25)4-5-16(27)21(20)26/h4-5,8-10,13H,3,6-7,11-12H2,1-2H3,(H2,28,30)(H,29,34). The first-order valence-electron chi connectivity index (χ1n) is 11.4. The number of nitrogens with two attached hydrogens (primary N) is 1. The molecule has 4 heterocycles. The summed E-state index contributed by atoms with van der Waals surface area (Å²) < 4.78 is 22.0. The molecule has 184 valence electrons. The van der Waals surface area contributed by atoms with Gasteiger partial charge in [-0.2, -0.15) is 5.10 Å². The van der Waals surface area contributed by atoms with Crippen molar-refractivity contribution in [2.45, 2.75) is 38.3 Å². The highest BCUT2D eigenvalue weighted by Gasteiger charge is 2.51. The lowest BCUT2D eigenvalue weighted by atomic mass is 9.76. The molecule has 35 heavy (non-hydrogen) atoms. The molecule has 3 aromatic rings. The SMILES string of the molecule is CCNC(=O)N1CC2(CCn3nc(-c4cnc(N)c(OC(C)c5c(Cl)ccc(F)c5Cl)c4)cc32)C1. The predicted octanol–water partition coefficient (Wildman–Crippen LogP) is 4.80. The zero-order chi connectivity index (χ0) is 24.9.